The quantitative estimate of drug-likeness (QED) is 0.452. The summed E-state index contributed by atoms with van der Waals surface area (Å²) in [6, 6.07) is 14.6. The summed E-state index contributed by atoms with van der Waals surface area (Å²) in [5.74, 6) is -0.374. The number of fused-ring (bicyclic) bond motifs is 1. The van der Waals surface area contributed by atoms with E-state index in [4.69, 9.17) is 5.73 Å². The third-order valence-electron chi connectivity index (χ3n) is 3.92. The van der Waals surface area contributed by atoms with Crippen LogP contribution >= 0.6 is 0 Å². The van der Waals surface area contributed by atoms with Crippen LogP contribution in [0.15, 0.2) is 54.7 Å². The minimum absolute atomic E-state index is 0.129. The van der Waals surface area contributed by atoms with Crippen molar-refractivity contribution >= 4 is 28.4 Å². The fourth-order valence-electron chi connectivity index (χ4n) is 2.66. The summed E-state index contributed by atoms with van der Waals surface area (Å²) < 4.78 is 0. The minimum Gasteiger partial charge on any atom is -0.364 e. The number of carbonyl (C=O) groups excluding carboxylic acids is 2. The smallest absolute Gasteiger partial charge is 0.273 e. The number of primary amides is 1. The van der Waals surface area contributed by atoms with Gasteiger partial charge in [-0.15, -0.1) is 0 Å². The molecule has 8 nitrogen and oxygen atoms in total. The second-order valence-corrected chi connectivity index (χ2v) is 5.66. The van der Waals surface area contributed by atoms with Gasteiger partial charge >= 0.3 is 0 Å². The normalized spacial score (nSPS) is 10.8. The highest BCUT2D eigenvalue weighted by atomic mass is 16.2. The van der Waals surface area contributed by atoms with Crippen molar-refractivity contribution < 1.29 is 9.59 Å². The zero-order chi connectivity index (χ0) is 18.1. The highest BCUT2D eigenvalue weighted by molar-refractivity contribution is 6.07. The molecule has 0 saturated heterocycles. The Morgan fingerprint density at radius 2 is 1.88 bits per heavy atom. The standard InChI is InChI=1S/C18H14N6O2/c19-16(25)15-12-8-11(6-7-13(12)23-24-15)21-18(26)14-9-20-17(22-14)10-4-2-1-3-5-10/h1-9H,(H2,19,25)(H,20,22)(H,21,26)(H,23,24). The third kappa shape index (κ3) is 2.80. The lowest BCUT2D eigenvalue weighted by molar-refractivity contribution is 0.0994. The number of hydrogen-bond acceptors (Lipinski definition) is 4. The summed E-state index contributed by atoms with van der Waals surface area (Å²) in [6.45, 7) is 0. The van der Waals surface area contributed by atoms with Crippen molar-refractivity contribution in [2.24, 2.45) is 5.73 Å². The van der Waals surface area contributed by atoms with Gasteiger partial charge in [0, 0.05) is 16.6 Å². The average Bonchev–Trinajstić information content (AvgIpc) is 3.29. The van der Waals surface area contributed by atoms with Crippen LogP contribution in [0.4, 0.5) is 5.69 Å². The number of amides is 2. The van der Waals surface area contributed by atoms with Crippen LogP contribution in [0.25, 0.3) is 22.3 Å². The van der Waals surface area contributed by atoms with E-state index < -0.39 is 5.91 Å². The minimum atomic E-state index is -0.638. The highest BCUT2D eigenvalue weighted by Gasteiger charge is 2.14. The fraction of sp³-hybridized carbons (Fsp3) is 0. The molecule has 0 radical (unpaired) electrons. The second-order valence-electron chi connectivity index (χ2n) is 5.66. The number of benzene rings is 2. The first-order chi connectivity index (χ1) is 12.6. The van der Waals surface area contributed by atoms with Gasteiger partial charge in [0.25, 0.3) is 11.8 Å². The molecule has 4 rings (SSSR count). The van der Waals surface area contributed by atoms with E-state index in [1.54, 1.807) is 18.2 Å². The number of nitrogens with one attached hydrogen (secondary N) is 3. The Morgan fingerprint density at radius 1 is 1.08 bits per heavy atom. The molecule has 26 heavy (non-hydrogen) atoms. The van der Waals surface area contributed by atoms with Crippen LogP contribution in [-0.2, 0) is 0 Å². The molecule has 0 aliphatic carbocycles. The molecule has 5 N–H and O–H groups in total. The van der Waals surface area contributed by atoms with Crippen LogP contribution in [-0.4, -0.2) is 32.0 Å². The molecule has 2 amide bonds. The molecule has 0 unspecified atom stereocenters. The number of rotatable bonds is 4. The number of anilines is 1. The summed E-state index contributed by atoms with van der Waals surface area (Å²) >= 11 is 0. The van der Waals surface area contributed by atoms with Crippen molar-refractivity contribution in [3.05, 3.63) is 66.1 Å². The van der Waals surface area contributed by atoms with E-state index in [0.29, 0.717) is 28.1 Å². The number of nitrogens with two attached hydrogens (primary N) is 1. The SMILES string of the molecule is NC(=O)c1n[nH]c2ccc(NC(=O)c3cnc(-c4ccccc4)[nH]3)cc12. The molecule has 0 bridgehead atoms. The molecule has 2 aromatic heterocycles. The molecule has 2 heterocycles. The fourth-order valence-corrected chi connectivity index (χ4v) is 2.66. The monoisotopic (exact) mass is 346 g/mol. The summed E-state index contributed by atoms with van der Waals surface area (Å²) in [5, 5.41) is 9.92. The lowest BCUT2D eigenvalue weighted by atomic mass is 10.2. The van der Waals surface area contributed by atoms with Gasteiger partial charge in [0.15, 0.2) is 5.69 Å². The number of hydrogen-bond donors (Lipinski definition) is 4. The number of H-pyrrole nitrogens is 2. The van der Waals surface area contributed by atoms with E-state index >= 15 is 0 Å². The second kappa shape index (κ2) is 6.17. The summed E-state index contributed by atoms with van der Waals surface area (Å²) in [5.41, 5.74) is 7.82. The molecule has 2 aromatic carbocycles. The van der Waals surface area contributed by atoms with Gasteiger partial charge in [-0.25, -0.2) is 4.98 Å². The van der Waals surface area contributed by atoms with Crippen LogP contribution in [0.5, 0.6) is 0 Å². The number of imidazole rings is 1. The Balaban J connectivity index is 1.58. The Kier molecular flexibility index (Phi) is 3.70. The van der Waals surface area contributed by atoms with E-state index in [1.807, 2.05) is 30.3 Å². The van der Waals surface area contributed by atoms with Gasteiger partial charge < -0.3 is 16.0 Å². The molecular formula is C18H14N6O2. The molecule has 128 valence electrons. The Hall–Kier alpha value is -3.94. The number of nitrogens with zero attached hydrogens (tertiary/aromatic N) is 2. The van der Waals surface area contributed by atoms with E-state index in [2.05, 4.69) is 25.5 Å². The summed E-state index contributed by atoms with van der Waals surface area (Å²) in [4.78, 5) is 31.1. The first-order valence-corrected chi connectivity index (χ1v) is 7.81. The van der Waals surface area contributed by atoms with E-state index in [1.165, 1.54) is 6.20 Å². The van der Waals surface area contributed by atoms with Gasteiger partial charge in [-0.2, -0.15) is 5.10 Å². The van der Waals surface area contributed by atoms with E-state index in [0.717, 1.165) is 5.56 Å². The Labute approximate surface area is 147 Å². The predicted octanol–water partition coefficient (Wildman–Crippen LogP) is 2.30. The van der Waals surface area contributed by atoms with Crippen molar-refractivity contribution in [3.63, 3.8) is 0 Å². The van der Waals surface area contributed by atoms with Crippen molar-refractivity contribution in [2.45, 2.75) is 0 Å². The third-order valence-corrected chi connectivity index (χ3v) is 3.92. The van der Waals surface area contributed by atoms with Crippen molar-refractivity contribution in [1.82, 2.24) is 20.2 Å². The molecular weight excluding hydrogens is 332 g/mol. The van der Waals surface area contributed by atoms with Crippen LogP contribution < -0.4 is 11.1 Å². The van der Waals surface area contributed by atoms with Crippen molar-refractivity contribution in [2.75, 3.05) is 5.32 Å². The van der Waals surface area contributed by atoms with Gasteiger partial charge in [0.05, 0.1) is 11.7 Å². The molecule has 0 aliphatic rings. The zero-order valence-electron chi connectivity index (χ0n) is 13.5. The molecule has 0 saturated carbocycles. The number of aromatic amines is 2. The molecule has 4 aromatic rings. The Bertz CT molecular complexity index is 1110. The van der Waals surface area contributed by atoms with Gasteiger partial charge in [0.2, 0.25) is 0 Å². The summed E-state index contributed by atoms with van der Waals surface area (Å²) in [7, 11) is 0. The maximum Gasteiger partial charge on any atom is 0.273 e. The molecule has 8 heteroatoms. The molecule has 0 spiro atoms. The largest absolute Gasteiger partial charge is 0.364 e. The Morgan fingerprint density at radius 3 is 2.65 bits per heavy atom. The maximum absolute atomic E-state index is 12.5. The number of carbonyl (C=O) groups is 2. The van der Waals surface area contributed by atoms with Crippen molar-refractivity contribution in [1.29, 1.82) is 0 Å². The first-order valence-electron chi connectivity index (χ1n) is 7.81. The molecule has 0 aliphatic heterocycles. The van der Waals surface area contributed by atoms with Crippen LogP contribution in [0.3, 0.4) is 0 Å². The van der Waals surface area contributed by atoms with Crippen LogP contribution in [0, 0.1) is 0 Å². The highest BCUT2D eigenvalue weighted by Crippen LogP contribution is 2.21. The number of aromatic nitrogens is 4. The van der Waals surface area contributed by atoms with E-state index in [-0.39, 0.29) is 11.6 Å². The maximum atomic E-state index is 12.5. The lowest BCUT2D eigenvalue weighted by Gasteiger charge is -2.04. The van der Waals surface area contributed by atoms with Gasteiger partial charge in [0.1, 0.15) is 11.5 Å². The van der Waals surface area contributed by atoms with Crippen LogP contribution in [0.2, 0.25) is 0 Å². The van der Waals surface area contributed by atoms with E-state index in [9.17, 15) is 9.59 Å². The van der Waals surface area contributed by atoms with Gasteiger partial charge in [-0.1, -0.05) is 30.3 Å². The predicted molar refractivity (Wildman–Crippen MR) is 96.6 cm³/mol. The molecule has 0 fully saturated rings. The van der Waals surface area contributed by atoms with Crippen molar-refractivity contribution in [3.8, 4) is 11.4 Å². The topological polar surface area (TPSA) is 130 Å². The summed E-state index contributed by atoms with van der Waals surface area (Å²) in [6.07, 6.45) is 1.48. The molecule has 0 atom stereocenters. The lowest BCUT2D eigenvalue weighted by Crippen LogP contribution is -2.13. The average molecular weight is 346 g/mol. The van der Waals surface area contributed by atoms with Gasteiger partial charge in [-0.05, 0) is 18.2 Å². The zero-order valence-corrected chi connectivity index (χ0v) is 13.5. The van der Waals surface area contributed by atoms with Gasteiger partial charge in [-0.3, -0.25) is 14.7 Å². The van der Waals surface area contributed by atoms with Crippen LogP contribution in [0.1, 0.15) is 21.0 Å². The first kappa shape index (κ1) is 15.6.